The van der Waals surface area contributed by atoms with Crippen molar-refractivity contribution in [3.8, 4) is 0 Å². The van der Waals surface area contributed by atoms with Gasteiger partial charge in [0.2, 0.25) is 12.3 Å². The Morgan fingerprint density at radius 2 is 2.17 bits per heavy atom. The summed E-state index contributed by atoms with van der Waals surface area (Å²) in [4.78, 5) is 47.3. The molecule has 7 nitrogen and oxygen atoms in total. The average molecular weight is 317 g/mol. The highest BCUT2D eigenvalue weighted by atomic mass is 16.2. The maximum absolute atomic E-state index is 12.6. The van der Waals surface area contributed by atoms with Crippen molar-refractivity contribution in [3.05, 3.63) is 34.9 Å². The van der Waals surface area contributed by atoms with Crippen LogP contribution in [0.25, 0.3) is 0 Å². The third-order valence-electron chi connectivity index (χ3n) is 3.95. The van der Waals surface area contributed by atoms with E-state index in [9.17, 15) is 19.2 Å². The number of likely N-dealkylation sites (N-methyl/N-ethyl adjacent to an activating group) is 1. The van der Waals surface area contributed by atoms with Crippen molar-refractivity contribution in [3.63, 3.8) is 0 Å². The van der Waals surface area contributed by atoms with Crippen molar-refractivity contribution in [2.45, 2.75) is 32.0 Å². The van der Waals surface area contributed by atoms with Gasteiger partial charge in [-0.3, -0.25) is 14.4 Å². The van der Waals surface area contributed by atoms with Gasteiger partial charge in [0.15, 0.2) is 0 Å². The Morgan fingerprint density at radius 3 is 2.83 bits per heavy atom. The molecule has 122 valence electrons. The summed E-state index contributed by atoms with van der Waals surface area (Å²) in [6, 6.07) is 4.62. The van der Waals surface area contributed by atoms with Crippen molar-refractivity contribution >= 4 is 24.5 Å². The minimum absolute atomic E-state index is 0.206. The summed E-state index contributed by atoms with van der Waals surface area (Å²) in [6.07, 6.45) is 1.83. The number of rotatable bonds is 8. The van der Waals surface area contributed by atoms with E-state index in [-0.39, 0.29) is 24.7 Å². The van der Waals surface area contributed by atoms with E-state index in [1.54, 1.807) is 12.1 Å². The number of fused-ring (bicyclic) bond motifs is 1. The standard InChI is InChI=1S/C16H19N3O4/c1-17-15(22)14(6-3-7-20)19-9-13-11(8-18-10-21)4-2-5-12(13)16(19)23/h2,4-5,7,10,14H,3,6,8-9H2,1H3,(H,17,22)(H,18,21). The number of hydrogen-bond donors (Lipinski definition) is 2. The minimum Gasteiger partial charge on any atom is -0.357 e. The van der Waals surface area contributed by atoms with E-state index >= 15 is 0 Å². The van der Waals surface area contributed by atoms with Crippen molar-refractivity contribution in [1.29, 1.82) is 0 Å². The van der Waals surface area contributed by atoms with Gasteiger partial charge in [0.1, 0.15) is 12.3 Å². The second-order valence-electron chi connectivity index (χ2n) is 5.25. The van der Waals surface area contributed by atoms with Gasteiger partial charge < -0.3 is 20.3 Å². The third kappa shape index (κ3) is 3.39. The lowest BCUT2D eigenvalue weighted by Crippen LogP contribution is -2.46. The Morgan fingerprint density at radius 1 is 1.39 bits per heavy atom. The summed E-state index contributed by atoms with van der Waals surface area (Å²) < 4.78 is 0. The van der Waals surface area contributed by atoms with Gasteiger partial charge in [-0.05, 0) is 23.6 Å². The molecule has 0 aliphatic carbocycles. The first-order valence-electron chi connectivity index (χ1n) is 7.38. The fourth-order valence-electron chi connectivity index (χ4n) is 2.81. The van der Waals surface area contributed by atoms with Crippen molar-refractivity contribution in [2.75, 3.05) is 7.05 Å². The lowest BCUT2D eigenvalue weighted by molar-refractivity contribution is -0.125. The SMILES string of the molecule is CNC(=O)C(CCC=O)N1Cc2c(CNC=O)cccc2C1=O. The van der Waals surface area contributed by atoms with Crippen LogP contribution in [0, 0.1) is 0 Å². The Balaban J connectivity index is 2.28. The fraction of sp³-hybridized carbons (Fsp3) is 0.375. The third-order valence-corrected chi connectivity index (χ3v) is 3.95. The lowest BCUT2D eigenvalue weighted by Gasteiger charge is -2.25. The zero-order valence-corrected chi connectivity index (χ0v) is 12.9. The van der Waals surface area contributed by atoms with Crippen molar-refractivity contribution in [1.82, 2.24) is 15.5 Å². The molecule has 1 aromatic carbocycles. The zero-order chi connectivity index (χ0) is 16.8. The van der Waals surface area contributed by atoms with E-state index in [2.05, 4.69) is 10.6 Å². The summed E-state index contributed by atoms with van der Waals surface area (Å²) in [5, 5.41) is 5.13. The highest BCUT2D eigenvalue weighted by Crippen LogP contribution is 2.28. The molecule has 3 amide bonds. The highest BCUT2D eigenvalue weighted by molar-refractivity contribution is 6.01. The molecule has 2 N–H and O–H groups in total. The molecule has 1 atom stereocenters. The van der Waals surface area contributed by atoms with Crippen LogP contribution in [-0.2, 0) is 27.5 Å². The average Bonchev–Trinajstić information content (AvgIpc) is 2.90. The van der Waals surface area contributed by atoms with Crippen molar-refractivity contribution in [2.24, 2.45) is 0 Å². The molecule has 23 heavy (non-hydrogen) atoms. The summed E-state index contributed by atoms with van der Waals surface area (Å²) in [6.45, 7) is 0.620. The number of benzene rings is 1. The van der Waals surface area contributed by atoms with Gasteiger partial charge in [0.25, 0.3) is 5.91 Å². The second-order valence-corrected chi connectivity index (χ2v) is 5.25. The number of aldehydes is 1. The molecular formula is C16H19N3O4. The number of nitrogens with one attached hydrogen (secondary N) is 2. The molecule has 0 radical (unpaired) electrons. The largest absolute Gasteiger partial charge is 0.357 e. The van der Waals surface area contributed by atoms with E-state index in [0.717, 1.165) is 17.4 Å². The highest BCUT2D eigenvalue weighted by Gasteiger charge is 2.36. The molecule has 0 spiro atoms. The van der Waals surface area contributed by atoms with Crippen LogP contribution in [0.1, 0.15) is 34.3 Å². The van der Waals surface area contributed by atoms with E-state index in [1.807, 2.05) is 6.07 Å². The molecule has 1 heterocycles. The molecule has 0 aromatic heterocycles. The van der Waals surface area contributed by atoms with E-state index in [1.165, 1.54) is 11.9 Å². The Bertz CT molecular complexity index is 630. The zero-order valence-electron chi connectivity index (χ0n) is 12.9. The molecule has 7 heteroatoms. The van der Waals surface area contributed by atoms with Crippen LogP contribution in [0.5, 0.6) is 0 Å². The smallest absolute Gasteiger partial charge is 0.255 e. The van der Waals surface area contributed by atoms with Gasteiger partial charge in [0, 0.05) is 32.1 Å². The number of carbonyl (C=O) groups is 4. The lowest BCUT2D eigenvalue weighted by atomic mass is 10.0. The van der Waals surface area contributed by atoms with E-state index in [0.29, 0.717) is 25.1 Å². The Labute approximate surface area is 134 Å². The topological polar surface area (TPSA) is 95.6 Å². The fourth-order valence-corrected chi connectivity index (χ4v) is 2.81. The molecular weight excluding hydrogens is 298 g/mol. The summed E-state index contributed by atoms with van der Waals surface area (Å²) >= 11 is 0. The first kappa shape index (κ1) is 16.7. The molecule has 1 aliphatic heterocycles. The van der Waals surface area contributed by atoms with Crippen LogP contribution in [0.15, 0.2) is 18.2 Å². The predicted molar refractivity (Wildman–Crippen MR) is 82.4 cm³/mol. The Hall–Kier alpha value is -2.70. The summed E-state index contributed by atoms with van der Waals surface area (Å²) in [5.41, 5.74) is 2.19. The van der Waals surface area contributed by atoms with Gasteiger partial charge >= 0.3 is 0 Å². The molecule has 0 fully saturated rings. The number of amides is 3. The first-order valence-corrected chi connectivity index (χ1v) is 7.38. The molecule has 0 saturated carbocycles. The maximum Gasteiger partial charge on any atom is 0.255 e. The quantitative estimate of drug-likeness (QED) is 0.659. The van der Waals surface area contributed by atoms with Gasteiger partial charge in [0.05, 0.1) is 0 Å². The van der Waals surface area contributed by atoms with Crippen LogP contribution in [-0.4, -0.2) is 42.5 Å². The number of hydrogen-bond acceptors (Lipinski definition) is 4. The van der Waals surface area contributed by atoms with E-state index < -0.39 is 6.04 Å². The molecule has 0 bridgehead atoms. The molecule has 1 unspecified atom stereocenters. The van der Waals surface area contributed by atoms with Gasteiger partial charge in [-0.2, -0.15) is 0 Å². The molecule has 1 aromatic rings. The summed E-state index contributed by atoms with van der Waals surface area (Å²) in [5.74, 6) is -0.520. The van der Waals surface area contributed by atoms with Gasteiger partial charge in [-0.15, -0.1) is 0 Å². The van der Waals surface area contributed by atoms with Crippen LogP contribution in [0.3, 0.4) is 0 Å². The Kier molecular flexibility index (Phi) is 5.46. The van der Waals surface area contributed by atoms with Crippen LogP contribution in [0.4, 0.5) is 0 Å². The number of carbonyl (C=O) groups excluding carboxylic acids is 4. The van der Waals surface area contributed by atoms with Crippen LogP contribution in [0.2, 0.25) is 0 Å². The molecule has 0 saturated heterocycles. The van der Waals surface area contributed by atoms with Crippen molar-refractivity contribution < 1.29 is 19.2 Å². The van der Waals surface area contributed by atoms with Crippen LogP contribution < -0.4 is 10.6 Å². The molecule has 2 rings (SSSR count). The second kappa shape index (κ2) is 7.53. The van der Waals surface area contributed by atoms with E-state index in [4.69, 9.17) is 0 Å². The first-order chi connectivity index (χ1) is 11.1. The van der Waals surface area contributed by atoms with Crippen LogP contribution >= 0.6 is 0 Å². The molecule has 1 aliphatic rings. The minimum atomic E-state index is -0.683. The summed E-state index contributed by atoms with van der Waals surface area (Å²) in [7, 11) is 1.50. The van der Waals surface area contributed by atoms with Gasteiger partial charge in [-0.1, -0.05) is 12.1 Å². The maximum atomic E-state index is 12.6. The van der Waals surface area contributed by atoms with Gasteiger partial charge in [-0.25, -0.2) is 0 Å². The number of nitrogens with zero attached hydrogens (tertiary/aromatic N) is 1. The monoisotopic (exact) mass is 317 g/mol. The normalized spacial score (nSPS) is 14.1. The predicted octanol–water partition coefficient (Wildman–Crippen LogP) is -0.0179.